The van der Waals surface area contributed by atoms with Crippen LogP contribution in [0.5, 0.6) is 0 Å². The van der Waals surface area contributed by atoms with E-state index in [4.69, 9.17) is 4.74 Å². The van der Waals surface area contributed by atoms with Gasteiger partial charge >= 0.3 is 6.09 Å². The van der Waals surface area contributed by atoms with Gasteiger partial charge in [0, 0.05) is 6.54 Å². The second-order valence-corrected chi connectivity index (χ2v) is 4.46. The molecule has 1 rings (SSSR count). The molecule has 0 radical (unpaired) electrons. The lowest BCUT2D eigenvalue weighted by atomic mass is 10.0. The lowest BCUT2D eigenvalue weighted by molar-refractivity contribution is 0.158. The Bertz CT molecular complexity index is 382. The molecule has 0 atom stereocenters. The SMILES string of the molecule is C=CCOC(=O)NCCc1ccc(C(C)C)cc1. The smallest absolute Gasteiger partial charge is 0.407 e. The molecular weight excluding hydrogens is 226 g/mol. The number of amides is 1. The van der Waals surface area contributed by atoms with Crippen molar-refractivity contribution in [2.45, 2.75) is 26.2 Å². The molecule has 0 aromatic heterocycles. The van der Waals surface area contributed by atoms with E-state index in [2.05, 4.69) is 50.0 Å². The largest absolute Gasteiger partial charge is 0.445 e. The molecular formula is C15H21NO2. The number of hydrogen-bond donors (Lipinski definition) is 1. The third-order valence-electron chi connectivity index (χ3n) is 2.66. The van der Waals surface area contributed by atoms with Crippen LogP contribution in [-0.2, 0) is 11.2 Å². The maximum atomic E-state index is 11.2. The van der Waals surface area contributed by atoms with E-state index in [1.54, 1.807) is 6.08 Å². The molecule has 0 saturated carbocycles. The first-order valence-electron chi connectivity index (χ1n) is 6.24. The molecule has 0 bridgehead atoms. The third-order valence-corrected chi connectivity index (χ3v) is 2.66. The van der Waals surface area contributed by atoms with Gasteiger partial charge in [-0.2, -0.15) is 0 Å². The molecule has 0 aliphatic heterocycles. The van der Waals surface area contributed by atoms with Crippen molar-refractivity contribution in [2.75, 3.05) is 13.2 Å². The van der Waals surface area contributed by atoms with Gasteiger partial charge in [0.1, 0.15) is 6.61 Å². The second kappa shape index (κ2) is 7.54. The highest BCUT2D eigenvalue weighted by Crippen LogP contribution is 2.14. The lowest BCUT2D eigenvalue weighted by Gasteiger charge is -2.08. The van der Waals surface area contributed by atoms with Crippen molar-refractivity contribution in [3.05, 3.63) is 48.0 Å². The van der Waals surface area contributed by atoms with Crippen LogP contribution in [-0.4, -0.2) is 19.2 Å². The van der Waals surface area contributed by atoms with E-state index in [1.807, 2.05) is 0 Å². The number of carbonyl (C=O) groups excluding carboxylic acids is 1. The Labute approximate surface area is 109 Å². The van der Waals surface area contributed by atoms with Crippen molar-refractivity contribution in [1.29, 1.82) is 0 Å². The number of alkyl carbamates (subject to hydrolysis) is 1. The molecule has 0 spiro atoms. The summed E-state index contributed by atoms with van der Waals surface area (Å²) in [6.07, 6.45) is 1.96. The third kappa shape index (κ3) is 5.04. The van der Waals surface area contributed by atoms with Crippen LogP contribution in [0.2, 0.25) is 0 Å². The van der Waals surface area contributed by atoms with Crippen molar-refractivity contribution in [3.8, 4) is 0 Å². The summed E-state index contributed by atoms with van der Waals surface area (Å²) in [5.41, 5.74) is 2.54. The van der Waals surface area contributed by atoms with Crippen molar-refractivity contribution >= 4 is 6.09 Å². The Kier molecular flexibility index (Phi) is 5.98. The summed E-state index contributed by atoms with van der Waals surface area (Å²) < 4.78 is 4.81. The molecule has 1 aromatic carbocycles. The van der Waals surface area contributed by atoms with Crippen LogP contribution < -0.4 is 5.32 Å². The predicted octanol–water partition coefficient (Wildman–Crippen LogP) is 3.26. The van der Waals surface area contributed by atoms with Gasteiger partial charge in [0.15, 0.2) is 0 Å². The Morgan fingerprint density at radius 3 is 2.61 bits per heavy atom. The standard InChI is InChI=1S/C15H21NO2/c1-4-11-18-15(17)16-10-9-13-5-7-14(8-6-13)12(2)3/h4-8,12H,1,9-11H2,2-3H3,(H,16,17). The van der Waals surface area contributed by atoms with Crippen LogP contribution in [0.1, 0.15) is 30.9 Å². The van der Waals surface area contributed by atoms with Gasteiger partial charge in [-0.3, -0.25) is 0 Å². The molecule has 0 saturated heterocycles. The zero-order valence-electron chi connectivity index (χ0n) is 11.1. The van der Waals surface area contributed by atoms with Crippen molar-refractivity contribution in [2.24, 2.45) is 0 Å². The highest BCUT2D eigenvalue weighted by Gasteiger charge is 2.01. The quantitative estimate of drug-likeness (QED) is 0.783. The van der Waals surface area contributed by atoms with Crippen molar-refractivity contribution in [1.82, 2.24) is 5.32 Å². The minimum atomic E-state index is -0.395. The van der Waals surface area contributed by atoms with E-state index in [0.717, 1.165) is 6.42 Å². The van der Waals surface area contributed by atoms with Gasteiger partial charge in [0.2, 0.25) is 0 Å². The zero-order valence-corrected chi connectivity index (χ0v) is 11.1. The molecule has 1 aromatic rings. The molecule has 0 fully saturated rings. The van der Waals surface area contributed by atoms with E-state index in [1.165, 1.54) is 11.1 Å². The van der Waals surface area contributed by atoms with Gasteiger partial charge in [-0.15, -0.1) is 0 Å². The lowest BCUT2D eigenvalue weighted by Crippen LogP contribution is -2.26. The monoisotopic (exact) mass is 247 g/mol. The van der Waals surface area contributed by atoms with Gasteiger partial charge in [-0.25, -0.2) is 4.79 Å². The fourth-order valence-corrected chi connectivity index (χ4v) is 1.56. The zero-order chi connectivity index (χ0) is 13.4. The highest BCUT2D eigenvalue weighted by molar-refractivity contribution is 5.67. The molecule has 18 heavy (non-hydrogen) atoms. The van der Waals surface area contributed by atoms with Gasteiger partial charge in [0.25, 0.3) is 0 Å². The summed E-state index contributed by atoms with van der Waals surface area (Å²) in [6, 6.07) is 8.48. The van der Waals surface area contributed by atoms with Gasteiger partial charge in [-0.1, -0.05) is 50.8 Å². The molecule has 0 unspecified atom stereocenters. The topological polar surface area (TPSA) is 38.3 Å². The van der Waals surface area contributed by atoms with Gasteiger partial charge in [0.05, 0.1) is 0 Å². The molecule has 98 valence electrons. The number of carbonyl (C=O) groups is 1. The van der Waals surface area contributed by atoms with E-state index in [9.17, 15) is 4.79 Å². The van der Waals surface area contributed by atoms with Crippen LogP contribution >= 0.6 is 0 Å². The Morgan fingerprint density at radius 2 is 2.06 bits per heavy atom. The second-order valence-electron chi connectivity index (χ2n) is 4.46. The summed E-state index contributed by atoms with van der Waals surface area (Å²) >= 11 is 0. The summed E-state index contributed by atoms with van der Waals surface area (Å²) in [6.45, 7) is 8.65. The van der Waals surface area contributed by atoms with Crippen molar-refractivity contribution in [3.63, 3.8) is 0 Å². The number of ether oxygens (including phenoxy) is 1. The van der Waals surface area contributed by atoms with Crippen LogP contribution in [0.3, 0.4) is 0 Å². The summed E-state index contributed by atoms with van der Waals surface area (Å²) in [4.78, 5) is 11.2. The molecule has 0 heterocycles. The number of rotatable bonds is 6. The summed E-state index contributed by atoms with van der Waals surface area (Å²) in [5.74, 6) is 0.547. The molecule has 0 aliphatic rings. The fourth-order valence-electron chi connectivity index (χ4n) is 1.56. The highest BCUT2D eigenvalue weighted by atomic mass is 16.5. The molecule has 3 heteroatoms. The van der Waals surface area contributed by atoms with E-state index in [-0.39, 0.29) is 6.61 Å². The average Bonchev–Trinajstić information content (AvgIpc) is 2.37. The van der Waals surface area contributed by atoms with E-state index >= 15 is 0 Å². The molecule has 3 nitrogen and oxygen atoms in total. The maximum absolute atomic E-state index is 11.2. The van der Waals surface area contributed by atoms with Gasteiger partial charge in [-0.05, 0) is 23.5 Å². The van der Waals surface area contributed by atoms with Crippen molar-refractivity contribution < 1.29 is 9.53 Å². The molecule has 1 amide bonds. The van der Waals surface area contributed by atoms with Crippen LogP contribution in [0.15, 0.2) is 36.9 Å². The van der Waals surface area contributed by atoms with Crippen LogP contribution in [0, 0.1) is 0 Å². The summed E-state index contributed by atoms with van der Waals surface area (Å²) in [7, 11) is 0. The first kappa shape index (κ1) is 14.3. The predicted molar refractivity (Wildman–Crippen MR) is 73.8 cm³/mol. The Balaban J connectivity index is 2.31. The van der Waals surface area contributed by atoms with E-state index < -0.39 is 6.09 Å². The van der Waals surface area contributed by atoms with E-state index in [0.29, 0.717) is 12.5 Å². The fraction of sp³-hybridized carbons (Fsp3) is 0.400. The minimum absolute atomic E-state index is 0.245. The number of benzene rings is 1. The maximum Gasteiger partial charge on any atom is 0.407 e. The average molecular weight is 247 g/mol. The Morgan fingerprint density at radius 1 is 1.39 bits per heavy atom. The first-order valence-corrected chi connectivity index (χ1v) is 6.24. The van der Waals surface area contributed by atoms with Crippen LogP contribution in [0.25, 0.3) is 0 Å². The molecule has 0 aliphatic carbocycles. The summed E-state index contributed by atoms with van der Waals surface area (Å²) in [5, 5.41) is 2.69. The minimum Gasteiger partial charge on any atom is -0.445 e. The number of hydrogen-bond acceptors (Lipinski definition) is 2. The normalized spacial score (nSPS) is 10.2. The van der Waals surface area contributed by atoms with Gasteiger partial charge < -0.3 is 10.1 Å². The van der Waals surface area contributed by atoms with Crippen LogP contribution in [0.4, 0.5) is 4.79 Å². The number of nitrogens with one attached hydrogen (secondary N) is 1. The molecule has 1 N–H and O–H groups in total. The Hall–Kier alpha value is -1.77. The first-order chi connectivity index (χ1) is 8.63.